The predicted octanol–water partition coefficient (Wildman–Crippen LogP) is 6.87. The van der Waals surface area contributed by atoms with Gasteiger partial charge in [-0.3, -0.25) is 0 Å². The van der Waals surface area contributed by atoms with Gasteiger partial charge in [0.1, 0.15) is 28.7 Å². The number of halogens is 2. The van der Waals surface area contributed by atoms with Crippen LogP contribution in [0.1, 0.15) is 47.5 Å². The third-order valence-electron chi connectivity index (χ3n) is 7.06. The van der Waals surface area contributed by atoms with Gasteiger partial charge in [-0.05, 0) is 63.1 Å². The molecule has 2 aromatic carbocycles. The molecule has 0 amide bonds. The lowest BCUT2D eigenvalue weighted by atomic mass is 10.0. The molecular weight excluding hydrogens is 537 g/mol. The number of benzene rings is 2. The number of hydrogen-bond acceptors (Lipinski definition) is 5. The molecule has 3 heterocycles. The van der Waals surface area contributed by atoms with Crippen molar-refractivity contribution in [2.24, 2.45) is 4.99 Å². The molecule has 42 heavy (non-hydrogen) atoms. The summed E-state index contributed by atoms with van der Waals surface area (Å²) in [6.07, 6.45) is 1.41. The van der Waals surface area contributed by atoms with Crippen LogP contribution in [0.5, 0.6) is 11.5 Å². The lowest BCUT2D eigenvalue weighted by Crippen LogP contribution is -2.34. The van der Waals surface area contributed by atoms with E-state index in [1.165, 1.54) is 6.08 Å². The average Bonchev–Trinajstić information content (AvgIpc) is 3.43. The van der Waals surface area contributed by atoms with E-state index in [-0.39, 0.29) is 17.2 Å². The third-order valence-corrected chi connectivity index (χ3v) is 7.06. The topological polar surface area (TPSA) is 65.1 Å². The Hall–Kier alpha value is -5.15. The van der Waals surface area contributed by atoms with Crippen molar-refractivity contribution in [3.8, 4) is 35.2 Å². The van der Waals surface area contributed by atoms with Crippen molar-refractivity contribution in [2.45, 2.75) is 27.7 Å². The molecule has 6 nitrogen and oxygen atoms in total. The normalized spacial score (nSPS) is 17.1. The quantitative estimate of drug-likeness (QED) is 0.278. The predicted molar refractivity (Wildman–Crippen MR) is 160 cm³/mol. The molecule has 0 radical (unpaired) electrons. The number of aromatic nitrogens is 1. The fourth-order valence-electron chi connectivity index (χ4n) is 4.57. The molecule has 212 valence electrons. The van der Waals surface area contributed by atoms with Gasteiger partial charge >= 0.3 is 7.11 Å². The van der Waals surface area contributed by atoms with Crippen LogP contribution in [0.4, 0.5) is 8.63 Å². The minimum atomic E-state index is -4.72. The van der Waals surface area contributed by atoms with Crippen LogP contribution in [0.15, 0.2) is 82.2 Å². The molecule has 1 aromatic heterocycles. The molecule has 0 unspecified atom stereocenters. The second kappa shape index (κ2) is 11.4. The Balaban J connectivity index is 1.63. The summed E-state index contributed by atoms with van der Waals surface area (Å²) in [5, 5.41) is 0. The zero-order chi connectivity index (χ0) is 30.0. The smallest absolute Gasteiger partial charge is 0.626 e. The molecule has 1 N–H and O–H groups in total. The fourth-order valence-corrected chi connectivity index (χ4v) is 4.57. The molecule has 0 spiro atoms. The zero-order valence-corrected chi connectivity index (χ0v) is 24.1. The maximum Gasteiger partial charge on any atom is 0.726 e. The number of methoxy groups -OCH3 is 2. The number of allylic oxidation sites excluding steroid dienone is 3. The minimum absolute atomic E-state index is 0.108. The van der Waals surface area contributed by atoms with Gasteiger partial charge in [-0.2, -0.15) is 0 Å². The maximum atomic E-state index is 15.1. The standard InChI is InChI=1S/C33H28BF2N2O4/c1-20-22(3)37-32(26(20)17-15-24-11-7-9-13-28(24)39-5)30-19-31(42-34(35,36)41-30)33-27(21(2)23(4)38-33)18-16-25-12-8-10-14-29(25)40-6/h7-14,19,37H,1-6H3/q-1. The number of nitrogens with zero attached hydrogens (tertiary/aromatic N) is 1. The highest BCUT2D eigenvalue weighted by Crippen LogP contribution is 2.38. The van der Waals surface area contributed by atoms with Gasteiger partial charge in [-0.1, -0.05) is 47.9 Å². The van der Waals surface area contributed by atoms with Crippen LogP contribution >= 0.6 is 0 Å². The summed E-state index contributed by atoms with van der Waals surface area (Å²) in [5.41, 5.74) is 5.83. The first kappa shape index (κ1) is 28.4. The highest BCUT2D eigenvalue weighted by molar-refractivity contribution is 6.53. The fraction of sp³-hybridized carbons (Fsp3) is 0.182. The summed E-state index contributed by atoms with van der Waals surface area (Å²) in [4.78, 5) is 7.72. The Morgan fingerprint density at radius 3 is 2.02 bits per heavy atom. The average molecular weight is 565 g/mol. The SMILES string of the molecule is COc1ccccc1C#CC1=C(C)C(C)=NC1=C1C=C(c2[nH]c(C)c(C)c2C#Cc2ccccc2OC)O[B-](F)(F)O1. The highest BCUT2D eigenvalue weighted by Gasteiger charge is 2.40. The Bertz CT molecular complexity index is 1840. The summed E-state index contributed by atoms with van der Waals surface area (Å²) in [5.74, 6) is 13.4. The van der Waals surface area contributed by atoms with E-state index in [4.69, 9.17) is 18.8 Å². The van der Waals surface area contributed by atoms with Crippen LogP contribution in [-0.4, -0.2) is 32.0 Å². The van der Waals surface area contributed by atoms with Crippen molar-refractivity contribution in [3.05, 3.63) is 111 Å². The molecule has 0 aliphatic carbocycles. The monoisotopic (exact) mass is 565 g/mol. The van der Waals surface area contributed by atoms with Crippen LogP contribution in [0.2, 0.25) is 0 Å². The van der Waals surface area contributed by atoms with Gasteiger partial charge in [0.05, 0.1) is 42.2 Å². The van der Waals surface area contributed by atoms with Gasteiger partial charge in [0.15, 0.2) is 0 Å². The summed E-state index contributed by atoms with van der Waals surface area (Å²) < 4.78 is 51.1. The van der Waals surface area contributed by atoms with Gasteiger partial charge in [-0.15, -0.1) is 0 Å². The number of aromatic amines is 1. The lowest BCUT2D eigenvalue weighted by molar-refractivity contribution is 0.171. The number of aryl methyl sites for hydroxylation is 1. The molecule has 2 aliphatic heterocycles. The second-order valence-electron chi connectivity index (χ2n) is 9.71. The van der Waals surface area contributed by atoms with Gasteiger partial charge in [0, 0.05) is 17.5 Å². The minimum Gasteiger partial charge on any atom is -0.626 e. The molecule has 3 aromatic rings. The number of rotatable bonds is 3. The molecule has 0 saturated heterocycles. The molecule has 5 rings (SSSR count). The molecule has 0 fully saturated rings. The molecule has 2 aliphatic rings. The zero-order valence-electron chi connectivity index (χ0n) is 24.1. The van der Waals surface area contributed by atoms with Crippen LogP contribution in [0.3, 0.4) is 0 Å². The number of hydrogen-bond donors (Lipinski definition) is 1. The van der Waals surface area contributed by atoms with Gasteiger partial charge in [0.2, 0.25) is 0 Å². The van der Waals surface area contributed by atoms with Crippen molar-refractivity contribution in [3.63, 3.8) is 0 Å². The van der Waals surface area contributed by atoms with Crippen molar-refractivity contribution in [2.75, 3.05) is 14.2 Å². The number of nitrogens with one attached hydrogen (secondary N) is 1. The van der Waals surface area contributed by atoms with E-state index in [1.54, 1.807) is 33.3 Å². The first-order valence-corrected chi connectivity index (χ1v) is 13.2. The van der Waals surface area contributed by atoms with E-state index in [9.17, 15) is 0 Å². The molecule has 9 heteroatoms. The summed E-state index contributed by atoms with van der Waals surface area (Å²) in [7, 11) is -1.60. The van der Waals surface area contributed by atoms with Gasteiger partial charge < -0.3 is 32.4 Å². The summed E-state index contributed by atoms with van der Waals surface area (Å²) >= 11 is 0. The third kappa shape index (κ3) is 5.55. The number of para-hydroxylation sites is 2. The van der Waals surface area contributed by atoms with Crippen molar-refractivity contribution in [1.82, 2.24) is 4.98 Å². The Labute approximate surface area is 243 Å². The Morgan fingerprint density at radius 1 is 0.810 bits per heavy atom. The van der Waals surface area contributed by atoms with Crippen molar-refractivity contribution in [1.29, 1.82) is 0 Å². The summed E-state index contributed by atoms with van der Waals surface area (Å²) in [6, 6.07) is 14.6. The molecule has 0 saturated carbocycles. The Morgan fingerprint density at radius 2 is 1.40 bits per heavy atom. The first-order valence-electron chi connectivity index (χ1n) is 13.2. The van der Waals surface area contributed by atoms with Crippen LogP contribution in [0.25, 0.3) is 5.76 Å². The van der Waals surface area contributed by atoms with Gasteiger partial charge in [-0.25, -0.2) is 4.99 Å². The number of aliphatic imine (C=N–C) groups is 1. The molecule has 0 atom stereocenters. The lowest BCUT2D eigenvalue weighted by Gasteiger charge is -2.34. The van der Waals surface area contributed by atoms with E-state index >= 15 is 8.63 Å². The molecular formula is C33H28BF2N2O4-. The summed E-state index contributed by atoms with van der Waals surface area (Å²) in [6.45, 7) is 7.35. The van der Waals surface area contributed by atoms with E-state index < -0.39 is 7.11 Å². The Kier molecular flexibility index (Phi) is 7.69. The van der Waals surface area contributed by atoms with Crippen molar-refractivity contribution >= 4 is 18.6 Å². The largest absolute Gasteiger partial charge is 0.726 e. The first-order chi connectivity index (χ1) is 20.1. The van der Waals surface area contributed by atoms with E-state index in [2.05, 4.69) is 33.7 Å². The molecule has 0 bridgehead atoms. The number of H-pyrrole nitrogens is 1. The van der Waals surface area contributed by atoms with E-state index in [1.807, 2.05) is 57.2 Å². The highest BCUT2D eigenvalue weighted by atomic mass is 19.3. The van der Waals surface area contributed by atoms with E-state index in [0.717, 1.165) is 16.8 Å². The van der Waals surface area contributed by atoms with Crippen LogP contribution in [0, 0.1) is 37.5 Å². The second-order valence-corrected chi connectivity index (χ2v) is 9.71. The van der Waals surface area contributed by atoms with Crippen LogP contribution in [-0.2, 0) is 9.31 Å². The maximum absolute atomic E-state index is 15.1. The van der Waals surface area contributed by atoms with Crippen molar-refractivity contribution < 1.29 is 27.4 Å². The van der Waals surface area contributed by atoms with Crippen LogP contribution < -0.4 is 9.47 Å². The number of ether oxygens (including phenoxy) is 2. The van der Waals surface area contributed by atoms with Gasteiger partial charge in [0.25, 0.3) is 0 Å². The van der Waals surface area contributed by atoms with E-state index in [0.29, 0.717) is 45.2 Å².